The van der Waals surface area contributed by atoms with Crippen LogP contribution in [0.2, 0.25) is 0 Å². The summed E-state index contributed by atoms with van der Waals surface area (Å²) in [5.41, 5.74) is 8.97. The predicted octanol–water partition coefficient (Wildman–Crippen LogP) is 3.86. The molecule has 0 spiro atoms. The molecule has 0 fully saturated rings. The molecule has 0 amide bonds. The van der Waals surface area contributed by atoms with Crippen molar-refractivity contribution in [3.63, 3.8) is 0 Å². The molecule has 154 valence electrons. The first-order chi connectivity index (χ1) is 14.0. The van der Waals surface area contributed by atoms with Crippen LogP contribution in [0.15, 0.2) is 65.9 Å². The van der Waals surface area contributed by atoms with Gasteiger partial charge in [0, 0.05) is 46.1 Å². The molecule has 2 heterocycles. The summed E-state index contributed by atoms with van der Waals surface area (Å²) >= 11 is 0. The lowest BCUT2D eigenvalue weighted by Gasteiger charge is -2.13. The second-order valence-corrected chi connectivity index (χ2v) is 6.68. The van der Waals surface area contributed by atoms with E-state index in [1.807, 2.05) is 55.4 Å². The van der Waals surface area contributed by atoms with Gasteiger partial charge in [0.15, 0.2) is 0 Å². The first kappa shape index (κ1) is 21.8. The number of anilines is 2. The van der Waals surface area contributed by atoms with Crippen molar-refractivity contribution in [2.75, 3.05) is 31.3 Å². The second kappa shape index (κ2) is 11.4. The Hall–Kier alpha value is -3.48. The van der Waals surface area contributed by atoms with Crippen LogP contribution in [0.5, 0.6) is 6.01 Å². The topological polar surface area (TPSA) is 101 Å². The normalized spacial score (nSPS) is 12.7. The fourth-order valence-electron chi connectivity index (χ4n) is 2.43. The van der Waals surface area contributed by atoms with Gasteiger partial charge in [-0.05, 0) is 31.1 Å². The zero-order valence-corrected chi connectivity index (χ0v) is 17.2. The summed E-state index contributed by atoms with van der Waals surface area (Å²) in [5, 5.41) is 7.01. The number of allylic oxidation sites excluding steroid dienone is 6. The number of nitrogen functional groups attached to an aromatic ring is 1. The highest BCUT2D eigenvalue weighted by Gasteiger charge is 2.05. The number of nitrogens with two attached hydrogens (primary N) is 1. The maximum atomic E-state index is 7.01. The second-order valence-electron chi connectivity index (χ2n) is 6.68. The van der Waals surface area contributed by atoms with E-state index >= 15 is 0 Å². The summed E-state index contributed by atoms with van der Waals surface area (Å²) < 4.78 is 5.51. The molecule has 0 aliphatic heterocycles. The third-order valence-electron chi connectivity index (χ3n) is 3.93. The minimum absolute atomic E-state index is 0. The standard InChI is InChI=1S/C13H17N5O.C9H11N.H2/c1-18(2)12-9-11(14)16-13(17-12)19-8-6-10-5-3-4-7-15-10;1-8-4-2-3-5-9(6-8)7-10;/h3-5,7,9H,6,8H2,1-2H3,(H2,14,16,17);2-3,5-7,10H,4H2,1H3;1H. The van der Waals surface area contributed by atoms with Gasteiger partial charge >= 0.3 is 6.01 Å². The van der Waals surface area contributed by atoms with E-state index < -0.39 is 0 Å². The number of hydrogen-bond donors (Lipinski definition) is 2. The summed E-state index contributed by atoms with van der Waals surface area (Å²) in [6.07, 6.45) is 12.9. The van der Waals surface area contributed by atoms with E-state index in [0.29, 0.717) is 24.9 Å². The minimum Gasteiger partial charge on any atom is -0.463 e. The predicted molar refractivity (Wildman–Crippen MR) is 121 cm³/mol. The molecule has 3 rings (SSSR count). The Kier molecular flexibility index (Phi) is 8.56. The Morgan fingerprint density at radius 2 is 2.14 bits per heavy atom. The quantitative estimate of drug-likeness (QED) is 0.722. The zero-order valence-electron chi connectivity index (χ0n) is 17.2. The molecule has 0 saturated heterocycles. The number of hydrogen-bond acceptors (Lipinski definition) is 7. The molecule has 3 N–H and O–H groups in total. The molecule has 2 aromatic heterocycles. The van der Waals surface area contributed by atoms with E-state index in [0.717, 1.165) is 23.5 Å². The molecule has 1 aliphatic rings. The Morgan fingerprint density at radius 1 is 1.31 bits per heavy atom. The molecule has 7 nitrogen and oxygen atoms in total. The van der Waals surface area contributed by atoms with Crippen LogP contribution < -0.4 is 15.4 Å². The highest BCUT2D eigenvalue weighted by atomic mass is 16.5. The van der Waals surface area contributed by atoms with E-state index in [2.05, 4.69) is 28.0 Å². The van der Waals surface area contributed by atoms with Gasteiger partial charge in [0.25, 0.3) is 0 Å². The smallest absolute Gasteiger partial charge is 0.320 e. The maximum Gasteiger partial charge on any atom is 0.320 e. The van der Waals surface area contributed by atoms with Crippen molar-refractivity contribution in [2.45, 2.75) is 19.8 Å². The molecule has 0 unspecified atom stereocenters. The molecule has 0 radical (unpaired) electrons. The summed E-state index contributed by atoms with van der Waals surface area (Å²) in [4.78, 5) is 14.4. The summed E-state index contributed by atoms with van der Waals surface area (Å²) in [7, 11) is 3.78. The van der Waals surface area contributed by atoms with Gasteiger partial charge in [-0.3, -0.25) is 4.98 Å². The van der Waals surface area contributed by atoms with Gasteiger partial charge in [0.1, 0.15) is 11.6 Å². The molecule has 7 heteroatoms. The van der Waals surface area contributed by atoms with Gasteiger partial charge < -0.3 is 20.8 Å². The summed E-state index contributed by atoms with van der Waals surface area (Å²) in [6.45, 7) is 2.54. The van der Waals surface area contributed by atoms with E-state index in [4.69, 9.17) is 15.9 Å². The number of rotatable bonds is 6. The van der Waals surface area contributed by atoms with Crippen molar-refractivity contribution in [3.05, 3.63) is 71.6 Å². The average Bonchev–Trinajstić information content (AvgIpc) is 2.93. The van der Waals surface area contributed by atoms with Crippen LogP contribution >= 0.6 is 0 Å². The zero-order chi connectivity index (χ0) is 21.1. The van der Waals surface area contributed by atoms with Gasteiger partial charge in [0.05, 0.1) is 6.61 Å². The van der Waals surface area contributed by atoms with Crippen LogP contribution in [0.4, 0.5) is 11.6 Å². The van der Waals surface area contributed by atoms with Crippen LogP contribution in [0.1, 0.15) is 20.5 Å². The third kappa shape index (κ3) is 7.96. The molecule has 0 aromatic carbocycles. The van der Waals surface area contributed by atoms with Crippen LogP contribution in [-0.2, 0) is 6.42 Å². The van der Waals surface area contributed by atoms with Crippen LogP contribution in [0.25, 0.3) is 0 Å². The van der Waals surface area contributed by atoms with Crippen LogP contribution in [0, 0.1) is 5.41 Å². The Bertz CT molecular complexity index is 894. The first-order valence-electron chi connectivity index (χ1n) is 9.37. The van der Waals surface area contributed by atoms with Gasteiger partial charge in [-0.15, -0.1) is 0 Å². The average molecular weight is 395 g/mol. The molecular weight excluding hydrogens is 364 g/mol. The first-order valence-corrected chi connectivity index (χ1v) is 9.37. The highest BCUT2D eigenvalue weighted by Crippen LogP contribution is 2.15. The Morgan fingerprint density at radius 3 is 2.83 bits per heavy atom. The largest absolute Gasteiger partial charge is 0.463 e. The summed E-state index contributed by atoms with van der Waals surface area (Å²) in [5.74, 6) is 1.12. The Balaban J connectivity index is 0.000000348. The fraction of sp³-hybridized carbons (Fsp3) is 0.273. The van der Waals surface area contributed by atoms with Gasteiger partial charge in [-0.25, -0.2) is 0 Å². The number of ether oxygens (including phenoxy) is 1. The van der Waals surface area contributed by atoms with Gasteiger partial charge in [0.2, 0.25) is 0 Å². The van der Waals surface area contributed by atoms with Gasteiger partial charge in [-0.2, -0.15) is 9.97 Å². The SMILES string of the molecule is CC1=CC(C=N)=CC=CC1.CN(C)c1cc(N)nc(OCCc2ccccn2)n1.[HH]. The number of aromatic nitrogens is 3. The van der Waals surface area contributed by atoms with Crippen LogP contribution in [-0.4, -0.2) is 41.9 Å². The summed E-state index contributed by atoms with van der Waals surface area (Å²) in [6, 6.07) is 7.78. The molecule has 29 heavy (non-hydrogen) atoms. The molecule has 0 atom stereocenters. The highest BCUT2D eigenvalue weighted by molar-refractivity contribution is 5.80. The lowest BCUT2D eigenvalue weighted by molar-refractivity contribution is 0.296. The van der Waals surface area contributed by atoms with E-state index in [1.54, 1.807) is 12.3 Å². The fourth-order valence-corrected chi connectivity index (χ4v) is 2.43. The number of pyridine rings is 1. The molecule has 0 saturated carbocycles. The van der Waals surface area contributed by atoms with Crippen molar-refractivity contribution < 1.29 is 6.16 Å². The van der Waals surface area contributed by atoms with Gasteiger partial charge in [-0.1, -0.05) is 35.9 Å². The third-order valence-corrected chi connectivity index (χ3v) is 3.93. The van der Waals surface area contributed by atoms with E-state index in [9.17, 15) is 0 Å². The van der Waals surface area contributed by atoms with Crippen molar-refractivity contribution in [3.8, 4) is 6.01 Å². The van der Waals surface area contributed by atoms with Crippen molar-refractivity contribution in [1.82, 2.24) is 15.0 Å². The molecule has 2 aromatic rings. The monoisotopic (exact) mass is 394 g/mol. The lowest BCUT2D eigenvalue weighted by Crippen LogP contribution is -2.13. The van der Waals surface area contributed by atoms with Crippen LogP contribution in [0.3, 0.4) is 0 Å². The van der Waals surface area contributed by atoms with E-state index in [1.165, 1.54) is 11.8 Å². The molecule has 0 bridgehead atoms. The molecule has 1 aliphatic carbocycles. The molecular formula is C22H30N6O. The lowest BCUT2D eigenvalue weighted by atomic mass is 10.2. The van der Waals surface area contributed by atoms with E-state index in [-0.39, 0.29) is 1.43 Å². The minimum atomic E-state index is 0. The van der Waals surface area contributed by atoms with Crippen molar-refractivity contribution >= 4 is 17.9 Å². The van der Waals surface area contributed by atoms with Crippen molar-refractivity contribution in [2.24, 2.45) is 0 Å². The maximum absolute atomic E-state index is 7.01. The Labute approximate surface area is 173 Å². The van der Waals surface area contributed by atoms with Crippen molar-refractivity contribution in [1.29, 1.82) is 5.41 Å². The number of nitrogens with one attached hydrogen (secondary N) is 1. The number of nitrogens with zero attached hydrogens (tertiary/aromatic N) is 4.